The van der Waals surface area contributed by atoms with Crippen molar-refractivity contribution in [1.29, 1.82) is 0 Å². The first-order valence-electron chi connectivity index (χ1n) is 3.32. The standard InChI is InChI=1S/C6H10O6/c7-1-3(8)5-4(9)6(10)12-2-11-5/h3,5,7-10H,1-2H2. The summed E-state index contributed by atoms with van der Waals surface area (Å²) in [6.45, 7) is -0.834. The van der Waals surface area contributed by atoms with E-state index in [1.165, 1.54) is 0 Å². The van der Waals surface area contributed by atoms with E-state index in [4.69, 9.17) is 25.2 Å². The molecular formula is C6H10O6. The first-order valence-corrected chi connectivity index (χ1v) is 3.32. The van der Waals surface area contributed by atoms with Crippen molar-refractivity contribution in [2.75, 3.05) is 13.4 Å². The molecule has 0 saturated heterocycles. The fourth-order valence-corrected chi connectivity index (χ4v) is 0.827. The first kappa shape index (κ1) is 9.11. The molecule has 4 N–H and O–H groups in total. The maximum Gasteiger partial charge on any atom is 0.321 e. The highest BCUT2D eigenvalue weighted by Crippen LogP contribution is 2.17. The van der Waals surface area contributed by atoms with Crippen LogP contribution in [-0.4, -0.2) is 46.0 Å². The van der Waals surface area contributed by atoms with Crippen molar-refractivity contribution in [1.82, 2.24) is 0 Å². The molecule has 0 aromatic carbocycles. The largest absolute Gasteiger partial charge is 0.504 e. The summed E-state index contributed by atoms with van der Waals surface area (Å²) in [5, 5.41) is 35.4. The lowest BCUT2D eigenvalue weighted by atomic mass is 10.2. The highest BCUT2D eigenvalue weighted by atomic mass is 16.7. The Balaban J connectivity index is 2.71. The van der Waals surface area contributed by atoms with Crippen LogP contribution in [0, 0.1) is 0 Å². The molecule has 0 saturated carbocycles. The molecule has 1 aliphatic rings. The molecule has 6 nitrogen and oxygen atoms in total. The van der Waals surface area contributed by atoms with Gasteiger partial charge in [-0.1, -0.05) is 0 Å². The van der Waals surface area contributed by atoms with Gasteiger partial charge in [-0.15, -0.1) is 0 Å². The number of ether oxygens (including phenoxy) is 2. The van der Waals surface area contributed by atoms with E-state index < -0.39 is 30.5 Å². The predicted molar refractivity (Wildman–Crippen MR) is 36.2 cm³/mol. The second-order valence-corrected chi connectivity index (χ2v) is 2.29. The Morgan fingerprint density at radius 2 is 2.17 bits per heavy atom. The summed E-state index contributed by atoms with van der Waals surface area (Å²) < 4.78 is 9.10. The van der Waals surface area contributed by atoms with Gasteiger partial charge in [0.2, 0.25) is 5.76 Å². The predicted octanol–water partition coefficient (Wildman–Crippen LogP) is -1.00. The van der Waals surface area contributed by atoms with Crippen molar-refractivity contribution in [3.8, 4) is 0 Å². The fraction of sp³-hybridized carbons (Fsp3) is 0.667. The van der Waals surface area contributed by atoms with Gasteiger partial charge in [0.25, 0.3) is 0 Å². The zero-order chi connectivity index (χ0) is 9.14. The average molecular weight is 178 g/mol. The van der Waals surface area contributed by atoms with Gasteiger partial charge in [0, 0.05) is 0 Å². The SMILES string of the molecule is OCC(O)C1OCOC(O)=C1O. The van der Waals surface area contributed by atoms with E-state index in [9.17, 15) is 0 Å². The van der Waals surface area contributed by atoms with Crippen molar-refractivity contribution in [2.24, 2.45) is 0 Å². The zero-order valence-corrected chi connectivity index (χ0v) is 6.17. The quantitative estimate of drug-likeness (QED) is 0.432. The van der Waals surface area contributed by atoms with Crippen LogP contribution in [0.5, 0.6) is 0 Å². The summed E-state index contributed by atoms with van der Waals surface area (Å²) in [7, 11) is 0. The number of hydrogen-bond acceptors (Lipinski definition) is 6. The van der Waals surface area contributed by atoms with Crippen LogP contribution < -0.4 is 0 Å². The molecule has 1 rings (SSSR count). The molecule has 70 valence electrons. The van der Waals surface area contributed by atoms with E-state index >= 15 is 0 Å². The third-order valence-corrected chi connectivity index (χ3v) is 1.47. The Labute approximate surface area is 68.3 Å². The van der Waals surface area contributed by atoms with E-state index in [-0.39, 0.29) is 6.79 Å². The van der Waals surface area contributed by atoms with Crippen LogP contribution in [0.1, 0.15) is 0 Å². The maximum absolute atomic E-state index is 9.05. The van der Waals surface area contributed by atoms with E-state index in [0.717, 1.165) is 0 Å². The van der Waals surface area contributed by atoms with E-state index in [1.807, 2.05) is 0 Å². The molecule has 1 heterocycles. The Hall–Kier alpha value is -0.980. The van der Waals surface area contributed by atoms with E-state index in [1.54, 1.807) is 0 Å². The Bertz CT molecular complexity index is 188. The van der Waals surface area contributed by atoms with Gasteiger partial charge in [-0.2, -0.15) is 0 Å². The van der Waals surface area contributed by atoms with Gasteiger partial charge in [-0.25, -0.2) is 0 Å². The van der Waals surface area contributed by atoms with E-state index in [0.29, 0.717) is 0 Å². The van der Waals surface area contributed by atoms with Crippen LogP contribution in [0.2, 0.25) is 0 Å². The first-order chi connectivity index (χ1) is 5.66. The molecular weight excluding hydrogens is 168 g/mol. The third kappa shape index (κ3) is 1.60. The Morgan fingerprint density at radius 1 is 1.50 bits per heavy atom. The molecule has 1 aliphatic heterocycles. The molecule has 0 aliphatic carbocycles. The Kier molecular flexibility index (Phi) is 2.74. The fourth-order valence-electron chi connectivity index (χ4n) is 0.827. The van der Waals surface area contributed by atoms with Gasteiger partial charge in [0.15, 0.2) is 12.9 Å². The smallest absolute Gasteiger partial charge is 0.321 e. The van der Waals surface area contributed by atoms with E-state index in [2.05, 4.69) is 4.74 Å². The third-order valence-electron chi connectivity index (χ3n) is 1.47. The molecule has 0 aromatic heterocycles. The number of aliphatic hydroxyl groups excluding tert-OH is 4. The maximum atomic E-state index is 9.05. The zero-order valence-electron chi connectivity index (χ0n) is 6.17. The second-order valence-electron chi connectivity index (χ2n) is 2.29. The van der Waals surface area contributed by atoms with Crippen molar-refractivity contribution in [2.45, 2.75) is 12.2 Å². The van der Waals surface area contributed by atoms with Crippen LogP contribution in [0.15, 0.2) is 11.7 Å². The van der Waals surface area contributed by atoms with Gasteiger partial charge in [0.05, 0.1) is 6.61 Å². The van der Waals surface area contributed by atoms with Crippen LogP contribution in [0.3, 0.4) is 0 Å². The summed E-state index contributed by atoms with van der Waals surface area (Å²) in [4.78, 5) is 0. The highest BCUT2D eigenvalue weighted by Gasteiger charge is 2.31. The number of rotatable bonds is 2. The molecule has 0 amide bonds. The molecule has 12 heavy (non-hydrogen) atoms. The lowest BCUT2D eigenvalue weighted by Crippen LogP contribution is -2.37. The van der Waals surface area contributed by atoms with Gasteiger partial charge >= 0.3 is 5.95 Å². The molecule has 2 unspecified atom stereocenters. The van der Waals surface area contributed by atoms with Gasteiger partial charge < -0.3 is 29.9 Å². The normalized spacial score (nSPS) is 26.7. The van der Waals surface area contributed by atoms with Crippen LogP contribution in [0.25, 0.3) is 0 Å². The van der Waals surface area contributed by atoms with Crippen molar-refractivity contribution >= 4 is 0 Å². The highest BCUT2D eigenvalue weighted by molar-refractivity contribution is 5.03. The molecule has 2 atom stereocenters. The van der Waals surface area contributed by atoms with Gasteiger partial charge in [-0.3, -0.25) is 0 Å². The van der Waals surface area contributed by atoms with Crippen LogP contribution >= 0.6 is 0 Å². The van der Waals surface area contributed by atoms with Crippen LogP contribution in [-0.2, 0) is 9.47 Å². The molecule has 0 spiro atoms. The molecule has 0 aromatic rings. The van der Waals surface area contributed by atoms with Crippen molar-refractivity contribution in [3.05, 3.63) is 11.7 Å². The summed E-state index contributed by atoms with van der Waals surface area (Å²) in [6.07, 6.45) is -2.39. The minimum absolute atomic E-state index is 0.266. The molecule has 0 bridgehead atoms. The second kappa shape index (κ2) is 3.61. The average Bonchev–Trinajstić information content (AvgIpc) is 2.08. The monoisotopic (exact) mass is 178 g/mol. The minimum Gasteiger partial charge on any atom is -0.504 e. The van der Waals surface area contributed by atoms with Crippen molar-refractivity contribution < 1.29 is 29.9 Å². The van der Waals surface area contributed by atoms with Crippen LogP contribution in [0.4, 0.5) is 0 Å². The van der Waals surface area contributed by atoms with Gasteiger partial charge in [0.1, 0.15) is 6.10 Å². The lowest BCUT2D eigenvalue weighted by molar-refractivity contribution is -0.161. The number of hydrogen-bond donors (Lipinski definition) is 4. The summed E-state index contributed by atoms with van der Waals surface area (Å²) in [5.41, 5.74) is 0. The summed E-state index contributed by atoms with van der Waals surface area (Å²) in [5.74, 6) is -1.29. The van der Waals surface area contributed by atoms with Crippen molar-refractivity contribution in [3.63, 3.8) is 0 Å². The topological polar surface area (TPSA) is 99.4 Å². The molecule has 0 fully saturated rings. The summed E-state index contributed by atoms with van der Waals surface area (Å²) in [6, 6.07) is 0. The Morgan fingerprint density at radius 3 is 2.75 bits per heavy atom. The van der Waals surface area contributed by atoms with Gasteiger partial charge in [-0.05, 0) is 0 Å². The minimum atomic E-state index is -1.27. The molecule has 0 radical (unpaired) electrons. The summed E-state index contributed by atoms with van der Waals surface area (Å²) >= 11 is 0. The molecule has 6 heteroatoms. The lowest BCUT2D eigenvalue weighted by Gasteiger charge is -2.25. The number of aliphatic hydroxyl groups is 4.